The van der Waals surface area contributed by atoms with Crippen LogP contribution in [0.1, 0.15) is 18.5 Å². The van der Waals surface area contributed by atoms with Gasteiger partial charge >= 0.3 is 0 Å². The predicted octanol–water partition coefficient (Wildman–Crippen LogP) is 1.98. The quantitative estimate of drug-likeness (QED) is 0.686. The summed E-state index contributed by atoms with van der Waals surface area (Å²) in [6, 6.07) is 7.90. The Bertz CT molecular complexity index is 717. The van der Waals surface area contributed by atoms with Crippen molar-refractivity contribution in [3.8, 4) is 0 Å². The third-order valence-electron chi connectivity index (χ3n) is 3.69. The number of para-hydroxylation sites is 2. The fourth-order valence-electron chi connectivity index (χ4n) is 2.34. The van der Waals surface area contributed by atoms with Crippen LogP contribution in [0.2, 0.25) is 0 Å². The second kappa shape index (κ2) is 5.83. The number of rotatable bonds is 4. The minimum absolute atomic E-state index is 0.165. The lowest BCUT2D eigenvalue weighted by Crippen LogP contribution is -2.28. The fraction of sp³-hybridized carbons (Fsp3) is 0.250. The molecule has 1 aliphatic carbocycles. The number of nitrogens with zero attached hydrogens (tertiary/aromatic N) is 3. The molecule has 1 aliphatic rings. The molecule has 21 heavy (non-hydrogen) atoms. The number of hydrogen-bond acceptors (Lipinski definition) is 5. The largest absolute Gasteiger partial charge is 0.404 e. The molecule has 0 atom stereocenters. The summed E-state index contributed by atoms with van der Waals surface area (Å²) in [4.78, 5) is 23.9. The zero-order chi connectivity index (χ0) is 14.7. The predicted molar refractivity (Wildman–Crippen MR) is 82.8 cm³/mol. The van der Waals surface area contributed by atoms with Crippen molar-refractivity contribution in [3.63, 3.8) is 0 Å². The number of benzene rings is 1. The normalized spacial score (nSPS) is 22.4. The van der Waals surface area contributed by atoms with Crippen molar-refractivity contribution in [1.82, 2.24) is 9.97 Å². The number of fused-ring (bicyclic) bond motifs is 1. The van der Waals surface area contributed by atoms with Crippen LogP contribution >= 0.6 is 0 Å². The van der Waals surface area contributed by atoms with Crippen LogP contribution in [0.25, 0.3) is 16.6 Å². The number of aliphatic imine (C=N–C) groups is 1. The van der Waals surface area contributed by atoms with E-state index in [0.29, 0.717) is 5.69 Å². The van der Waals surface area contributed by atoms with E-state index in [1.165, 1.54) is 6.20 Å². The first-order valence-electron chi connectivity index (χ1n) is 6.92. The molecule has 1 heterocycles. The van der Waals surface area contributed by atoms with Crippen molar-refractivity contribution in [3.05, 3.63) is 42.4 Å². The molecule has 1 aromatic carbocycles. The Balaban J connectivity index is 1.79. The molecule has 5 nitrogen and oxygen atoms in total. The molecule has 0 radical (unpaired) electrons. The lowest BCUT2D eigenvalue weighted by atomic mass is 9.82. The number of aromatic nitrogens is 2. The Kier molecular flexibility index (Phi) is 3.73. The average Bonchev–Trinajstić information content (AvgIpc) is 2.49. The summed E-state index contributed by atoms with van der Waals surface area (Å²) in [7, 11) is 0. The zero-order valence-corrected chi connectivity index (χ0v) is 11.5. The Labute approximate surface area is 122 Å². The van der Waals surface area contributed by atoms with Crippen molar-refractivity contribution >= 4 is 29.1 Å². The van der Waals surface area contributed by atoms with Gasteiger partial charge < -0.3 is 10.5 Å². The number of carbonyl (C=O) groups is 1. The second-order valence-electron chi connectivity index (χ2n) is 5.17. The number of nitrogens with two attached hydrogens (primary N) is 1. The van der Waals surface area contributed by atoms with Gasteiger partial charge in [-0.2, -0.15) is 0 Å². The zero-order valence-electron chi connectivity index (χ0n) is 11.5. The van der Waals surface area contributed by atoms with E-state index >= 15 is 0 Å². The van der Waals surface area contributed by atoms with Crippen LogP contribution in [0.15, 0.2) is 41.7 Å². The molecule has 2 aromatic rings. The first kappa shape index (κ1) is 13.4. The maximum Gasteiger partial charge on any atom is 0.123 e. The van der Waals surface area contributed by atoms with Crippen LogP contribution in [-0.4, -0.2) is 28.5 Å². The van der Waals surface area contributed by atoms with E-state index < -0.39 is 0 Å². The first-order chi connectivity index (χ1) is 10.3. The number of carbonyl (C=O) groups excluding carboxylic acids is 1. The third kappa shape index (κ3) is 2.81. The van der Waals surface area contributed by atoms with Gasteiger partial charge in [-0.1, -0.05) is 12.1 Å². The summed E-state index contributed by atoms with van der Waals surface area (Å²) in [5, 5.41) is 0. The summed E-state index contributed by atoms with van der Waals surface area (Å²) >= 11 is 0. The van der Waals surface area contributed by atoms with Crippen molar-refractivity contribution < 1.29 is 4.79 Å². The van der Waals surface area contributed by atoms with E-state index in [2.05, 4.69) is 15.0 Å². The highest BCUT2D eigenvalue weighted by atomic mass is 16.1. The van der Waals surface area contributed by atoms with Crippen molar-refractivity contribution in [2.45, 2.75) is 18.9 Å². The summed E-state index contributed by atoms with van der Waals surface area (Å²) in [6.45, 7) is 0. The van der Waals surface area contributed by atoms with Crippen LogP contribution in [0.5, 0.6) is 0 Å². The molecule has 3 rings (SSSR count). The van der Waals surface area contributed by atoms with E-state index in [1.807, 2.05) is 24.3 Å². The molecule has 5 heteroatoms. The molecule has 0 amide bonds. The first-order valence-corrected chi connectivity index (χ1v) is 6.92. The van der Waals surface area contributed by atoms with Gasteiger partial charge in [0.05, 0.1) is 29.0 Å². The Morgan fingerprint density at radius 3 is 2.76 bits per heavy atom. The Morgan fingerprint density at radius 1 is 1.29 bits per heavy atom. The van der Waals surface area contributed by atoms with Crippen molar-refractivity contribution in [2.24, 2.45) is 16.6 Å². The van der Waals surface area contributed by atoms with E-state index in [0.717, 1.165) is 35.7 Å². The third-order valence-corrected chi connectivity index (χ3v) is 3.69. The standard InChI is InChI=1S/C16H16N4O/c17-7-12(8-18-13-5-11(6-13)10-21)16-9-19-14-3-1-2-4-15(14)20-16/h1-4,7-11,13H,5-6,17H2. The monoisotopic (exact) mass is 280 g/mol. The molecule has 2 N–H and O–H groups in total. The number of hydrogen-bond donors (Lipinski definition) is 1. The van der Waals surface area contributed by atoms with Crippen LogP contribution in [0.4, 0.5) is 0 Å². The van der Waals surface area contributed by atoms with Gasteiger partial charge in [0.2, 0.25) is 0 Å². The summed E-state index contributed by atoms with van der Waals surface area (Å²) in [5.74, 6) is 0.165. The summed E-state index contributed by atoms with van der Waals surface area (Å²) in [5.41, 5.74) is 8.79. The van der Waals surface area contributed by atoms with E-state index in [9.17, 15) is 4.79 Å². The van der Waals surface area contributed by atoms with E-state index in [4.69, 9.17) is 5.73 Å². The lowest BCUT2D eigenvalue weighted by Gasteiger charge is -2.27. The lowest BCUT2D eigenvalue weighted by molar-refractivity contribution is -0.113. The minimum atomic E-state index is 0.165. The van der Waals surface area contributed by atoms with Crippen LogP contribution in [0, 0.1) is 5.92 Å². The molecular formula is C16H16N4O. The van der Waals surface area contributed by atoms with Gasteiger partial charge in [-0.15, -0.1) is 0 Å². The molecule has 0 unspecified atom stereocenters. The average molecular weight is 280 g/mol. The topological polar surface area (TPSA) is 81.2 Å². The van der Waals surface area contributed by atoms with Gasteiger partial charge in [-0.05, 0) is 25.0 Å². The van der Waals surface area contributed by atoms with Crippen molar-refractivity contribution in [1.29, 1.82) is 0 Å². The van der Waals surface area contributed by atoms with Crippen LogP contribution < -0.4 is 5.73 Å². The fourth-order valence-corrected chi connectivity index (χ4v) is 2.34. The summed E-state index contributed by atoms with van der Waals surface area (Å²) in [6.07, 6.45) is 7.55. The Morgan fingerprint density at radius 2 is 2.05 bits per heavy atom. The molecule has 106 valence electrons. The van der Waals surface area contributed by atoms with Gasteiger partial charge in [0.25, 0.3) is 0 Å². The molecular weight excluding hydrogens is 264 g/mol. The highest BCUT2D eigenvalue weighted by Gasteiger charge is 2.27. The smallest absolute Gasteiger partial charge is 0.123 e. The molecule has 0 bridgehead atoms. The highest BCUT2D eigenvalue weighted by molar-refractivity contribution is 6.09. The minimum Gasteiger partial charge on any atom is -0.404 e. The van der Waals surface area contributed by atoms with Gasteiger partial charge in [0.15, 0.2) is 0 Å². The summed E-state index contributed by atoms with van der Waals surface area (Å²) < 4.78 is 0. The van der Waals surface area contributed by atoms with Crippen LogP contribution in [0.3, 0.4) is 0 Å². The van der Waals surface area contributed by atoms with Crippen LogP contribution in [-0.2, 0) is 4.79 Å². The molecule has 1 aromatic heterocycles. The van der Waals surface area contributed by atoms with Gasteiger partial charge in [0.1, 0.15) is 6.29 Å². The maximum atomic E-state index is 10.6. The molecule has 1 saturated carbocycles. The molecule has 0 saturated heterocycles. The van der Waals surface area contributed by atoms with Gasteiger partial charge in [0, 0.05) is 23.9 Å². The second-order valence-corrected chi connectivity index (χ2v) is 5.17. The maximum absolute atomic E-state index is 10.6. The highest BCUT2D eigenvalue weighted by Crippen LogP contribution is 2.28. The molecule has 0 aliphatic heterocycles. The van der Waals surface area contributed by atoms with Gasteiger partial charge in [-0.25, -0.2) is 4.98 Å². The van der Waals surface area contributed by atoms with E-state index in [1.54, 1.807) is 12.4 Å². The molecule has 0 spiro atoms. The van der Waals surface area contributed by atoms with Gasteiger partial charge in [-0.3, -0.25) is 9.98 Å². The Hall–Kier alpha value is -2.56. The van der Waals surface area contributed by atoms with E-state index in [-0.39, 0.29) is 12.0 Å². The van der Waals surface area contributed by atoms with Crippen molar-refractivity contribution in [2.75, 3.05) is 0 Å². The number of aldehydes is 1. The SMILES string of the molecule is NC=C(C=NC1CC(C=O)C1)c1cnc2ccccc2n1. The molecule has 1 fully saturated rings. The number of allylic oxidation sites excluding steroid dienone is 1.